The molecule has 2 aliphatic rings. The Labute approximate surface area is 86.1 Å². The molecule has 1 aliphatic heterocycles. The van der Waals surface area contributed by atoms with Crippen molar-refractivity contribution < 1.29 is 19.7 Å². The van der Waals surface area contributed by atoms with Crippen LogP contribution in [0.4, 0.5) is 0 Å². The first-order valence-corrected chi connectivity index (χ1v) is 4.83. The van der Waals surface area contributed by atoms with E-state index in [9.17, 15) is 9.90 Å². The molecule has 0 bridgehead atoms. The zero-order chi connectivity index (χ0) is 10.6. The number of hydrogen-bond acceptors (Lipinski definition) is 3. The smallest absolute Gasteiger partial charge is 0.336 e. The van der Waals surface area contributed by atoms with Gasteiger partial charge < -0.3 is 14.9 Å². The molecular formula is C11H10O4. The van der Waals surface area contributed by atoms with Crippen molar-refractivity contribution >= 4 is 5.97 Å². The van der Waals surface area contributed by atoms with Crippen molar-refractivity contribution in [2.75, 3.05) is 6.61 Å². The summed E-state index contributed by atoms with van der Waals surface area (Å²) in [5, 5.41) is 18.9. The van der Waals surface area contributed by atoms with Crippen molar-refractivity contribution in [2.24, 2.45) is 5.92 Å². The number of aliphatic carboxylic acids is 1. The average molecular weight is 206 g/mol. The summed E-state index contributed by atoms with van der Waals surface area (Å²) < 4.78 is 5.40. The van der Waals surface area contributed by atoms with Gasteiger partial charge in [0.1, 0.15) is 5.75 Å². The Kier molecular flexibility index (Phi) is 1.47. The topological polar surface area (TPSA) is 66.8 Å². The molecule has 1 saturated carbocycles. The second-order valence-electron chi connectivity index (χ2n) is 4.06. The van der Waals surface area contributed by atoms with Gasteiger partial charge >= 0.3 is 5.97 Å². The van der Waals surface area contributed by atoms with Crippen LogP contribution in [0.25, 0.3) is 0 Å². The molecular weight excluding hydrogens is 196 g/mol. The summed E-state index contributed by atoms with van der Waals surface area (Å²) in [5.41, 5.74) is -0.814. The molecule has 1 fully saturated rings. The fraction of sp³-hybridized carbons (Fsp3) is 0.364. The first kappa shape index (κ1) is 8.73. The van der Waals surface area contributed by atoms with E-state index in [1.165, 1.54) is 0 Å². The molecule has 0 saturated heterocycles. The van der Waals surface area contributed by atoms with Crippen LogP contribution in [0.15, 0.2) is 24.3 Å². The van der Waals surface area contributed by atoms with Crippen molar-refractivity contribution in [3.05, 3.63) is 29.8 Å². The summed E-state index contributed by atoms with van der Waals surface area (Å²) in [6.07, 6.45) is 0. The van der Waals surface area contributed by atoms with Gasteiger partial charge in [0.05, 0.1) is 6.61 Å². The van der Waals surface area contributed by atoms with Crippen LogP contribution in [0.1, 0.15) is 11.5 Å². The third-order valence-electron chi connectivity index (χ3n) is 3.35. The molecule has 2 N–H and O–H groups in total. The minimum atomic E-state index is -1.62. The number of carboxylic acids is 1. The average Bonchev–Trinajstić information content (AvgIpc) is 2.87. The van der Waals surface area contributed by atoms with Crippen LogP contribution >= 0.6 is 0 Å². The van der Waals surface area contributed by atoms with Crippen molar-refractivity contribution in [1.29, 1.82) is 0 Å². The molecule has 0 spiro atoms. The number of fused-ring (bicyclic) bond motifs is 3. The molecule has 4 nitrogen and oxygen atoms in total. The monoisotopic (exact) mass is 206 g/mol. The summed E-state index contributed by atoms with van der Waals surface area (Å²) in [6.45, 7) is 0.282. The lowest BCUT2D eigenvalue weighted by Gasteiger charge is -2.14. The molecule has 0 radical (unpaired) electrons. The van der Waals surface area contributed by atoms with Crippen LogP contribution in [-0.2, 0) is 4.79 Å². The normalized spacial score (nSPS) is 36.1. The van der Waals surface area contributed by atoms with E-state index in [0.29, 0.717) is 5.75 Å². The Balaban J connectivity index is 2.07. The lowest BCUT2D eigenvalue weighted by atomic mass is 10.1. The molecule has 1 aromatic rings. The number of carboxylic acid groups (broad SMARTS) is 1. The third-order valence-corrected chi connectivity index (χ3v) is 3.35. The quantitative estimate of drug-likeness (QED) is 0.706. The third kappa shape index (κ3) is 0.920. The second-order valence-corrected chi connectivity index (χ2v) is 4.06. The highest BCUT2D eigenvalue weighted by Crippen LogP contribution is 2.61. The molecule has 15 heavy (non-hydrogen) atoms. The fourth-order valence-corrected chi connectivity index (χ4v) is 2.46. The molecule has 1 heterocycles. The van der Waals surface area contributed by atoms with Crippen LogP contribution < -0.4 is 4.74 Å². The summed E-state index contributed by atoms with van der Waals surface area (Å²) in [5.74, 6) is -1.07. The molecule has 3 unspecified atom stereocenters. The van der Waals surface area contributed by atoms with Gasteiger partial charge in [-0.15, -0.1) is 0 Å². The summed E-state index contributed by atoms with van der Waals surface area (Å²) >= 11 is 0. The van der Waals surface area contributed by atoms with Gasteiger partial charge in [-0.3, -0.25) is 0 Å². The highest BCUT2D eigenvalue weighted by Gasteiger charge is 2.72. The van der Waals surface area contributed by atoms with Gasteiger partial charge in [-0.05, 0) is 6.07 Å². The second kappa shape index (κ2) is 2.52. The standard InChI is InChI=1S/C11H10O4/c12-10(13)11(14)7-5-15-8-4-2-1-3-6(8)9(7)11/h1-4,7,9,14H,5H2,(H,12,13). The van der Waals surface area contributed by atoms with Gasteiger partial charge in [-0.25, -0.2) is 4.79 Å². The Morgan fingerprint density at radius 1 is 1.47 bits per heavy atom. The zero-order valence-corrected chi connectivity index (χ0v) is 7.88. The number of rotatable bonds is 1. The van der Waals surface area contributed by atoms with E-state index in [2.05, 4.69) is 0 Å². The van der Waals surface area contributed by atoms with Crippen LogP contribution in [0.3, 0.4) is 0 Å². The van der Waals surface area contributed by atoms with Crippen molar-refractivity contribution in [2.45, 2.75) is 11.5 Å². The van der Waals surface area contributed by atoms with E-state index in [1.807, 2.05) is 18.2 Å². The van der Waals surface area contributed by atoms with Crippen molar-refractivity contribution in [3.63, 3.8) is 0 Å². The fourth-order valence-electron chi connectivity index (χ4n) is 2.46. The van der Waals surface area contributed by atoms with E-state index in [4.69, 9.17) is 9.84 Å². The predicted molar refractivity (Wildman–Crippen MR) is 50.8 cm³/mol. The highest BCUT2D eigenvalue weighted by atomic mass is 16.5. The largest absolute Gasteiger partial charge is 0.493 e. The SMILES string of the molecule is O=C(O)C1(O)C2COc3ccccc3C21. The van der Waals surface area contributed by atoms with E-state index in [1.54, 1.807) is 6.07 Å². The van der Waals surface area contributed by atoms with Crippen molar-refractivity contribution in [3.8, 4) is 5.75 Å². The summed E-state index contributed by atoms with van der Waals surface area (Å²) in [4.78, 5) is 11.0. The minimum absolute atomic E-state index is 0.282. The molecule has 1 aliphatic carbocycles. The maximum Gasteiger partial charge on any atom is 0.336 e. The Morgan fingerprint density at radius 2 is 2.20 bits per heavy atom. The van der Waals surface area contributed by atoms with E-state index in [0.717, 1.165) is 5.56 Å². The number of ether oxygens (including phenoxy) is 1. The van der Waals surface area contributed by atoms with Gasteiger partial charge in [0, 0.05) is 17.4 Å². The molecule has 1 aromatic carbocycles. The number of carbonyl (C=O) groups is 1. The van der Waals surface area contributed by atoms with E-state index in [-0.39, 0.29) is 18.4 Å². The van der Waals surface area contributed by atoms with Gasteiger partial charge in [0.15, 0.2) is 5.60 Å². The molecule has 78 valence electrons. The first-order chi connectivity index (χ1) is 7.15. The summed E-state index contributed by atoms with van der Waals surface area (Å²) in [7, 11) is 0. The van der Waals surface area contributed by atoms with Gasteiger partial charge in [0.2, 0.25) is 0 Å². The Bertz CT molecular complexity index is 442. The number of para-hydroxylation sites is 1. The highest BCUT2D eigenvalue weighted by molar-refractivity contribution is 5.85. The number of hydrogen-bond donors (Lipinski definition) is 2. The van der Waals surface area contributed by atoms with Crippen LogP contribution in [0.5, 0.6) is 5.75 Å². The number of benzene rings is 1. The van der Waals surface area contributed by atoms with Gasteiger partial charge in [-0.2, -0.15) is 0 Å². The van der Waals surface area contributed by atoms with Crippen molar-refractivity contribution in [1.82, 2.24) is 0 Å². The molecule has 0 amide bonds. The molecule has 4 heteroatoms. The Hall–Kier alpha value is -1.55. The zero-order valence-electron chi connectivity index (χ0n) is 7.88. The van der Waals surface area contributed by atoms with Gasteiger partial charge in [-0.1, -0.05) is 18.2 Å². The van der Waals surface area contributed by atoms with Crippen LogP contribution in [0, 0.1) is 5.92 Å². The minimum Gasteiger partial charge on any atom is -0.493 e. The van der Waals surface area contributed by atoms with Crippen LogP contribution in [0.2, 0.25) is 0 Å². The predicted octanol–water partition coefficient (Wildman–Crippen LogP) is 0.608. The molecule has 0 aromatic heterocycles. The Morgan fingerprint density at radius 3 is 2.93 bits per heavy atom. The van der Waals surface area contributed by atoms with E-state index < -0.39 is 11.6 Å². The first-order valence-electron chi connectivity index (χ1n) is 4.83. The number of aliphatic hydroxyl groups is 1. The molecule has 3 rings (SSSR count). The maximum atomic E-state index is 11.0. The van der Waals surface area contributed by atoms with Crippen LogP contribution in [-0.4, -0.2) is 28.4 Å². The lowest BCUT2D eigenvalue weighted by molar-refractivity contribution is -0.150. The molecule has 3 atom stereocenters. The lowest BCUT2D eigenvalue weighted by Crippen LogP contribution is -2.26. The van der Waals surface area contributed by atoms with E-state index >= 15 is 0 Å². The summed E-state index contributed by atoms with van der Waals surface area (Å²) in [6, 6.07) is 7.27. The maximum absolute atomic E-state index is 11.0. The van der Waals surface area contributed by atoms with Gasteiger partial charge in [0.25, 0.3) is 0 Å².